The second kappa shape index (κ2) is 9.34. The molecule has 0 saturated heterocycles. The molecular weight excluding hydrogens is 503 g/mol. The second-order valence-corrected chi connectivity index (χ2v) is 9.53. The largest absolute Gasteiger partial charge is 0.497 e. The fraction of sp³-hybridized carbons (Fsp3) is 0.0455. The van der Waals surface area contributed by atoms with Crippen molar-refractivity contribution in [1.29, 1.82) is 0 Å². The minimum Gasteiger partial charge on any atom is -0.497 e. The summed E-state index contributed by atoms with van der Waals surface area (Å²) in [6.07, 6.45) is 0. The highest BCUT2D eigenvalue weighted by atomic mass is 35.5. The Balaban J connectivity index is 1.59. The van der Waals surface area contributed by atoms with Gasteiger partial charge >= 0.3 is 0 Å². The van der Waals surface area contributed by atoms with Crippen LogP contribution in [-0.2, 0) is 10.0 Å². The molecule has 0 aliphatic rings. The first-order valence-corrected chi connectivity index (χ1v) is 11.8. The Morgan fingerprint density at radius 3 is 2.53 bits per heavy atom. The summed E-state index contributed by atoms with van der Waals surface area (Å²) in [7, 11) is -2.48. The lowest BCUT2D eigenvalue weighted by Gasteiger charge is -2.09. The van der Waals surface area contributed by atoms with E-state index in [4.69, 9.17) is 27.9 Å². The highest BCUT2D eigenvalue weighted by molar-refractivity contribution is 7.92. The summed E-state index contributed by atoms with van der Waals surface area (Å²) in [4.78, 5) is 15.1. The normalized spacial score (nSPS) is 11.7. The number of amides is 1. The number of azo groups is 1. The smallest absolute Gasteiger partial charge is 0.295 e. The number of carbonyl (C=O) groups excluding carboxylic acids is 1. The monoisotopic (exact) mass is 518 g/mol. The Kier molecular flexibility index (Phi) is 6.47. The molecule has 0 unspecified atom stereocenters. The van der Waals surface area contributed by atoms with E-state index in [1.165, 1.54) is 43.5 Å². The van der Waals surface area contributed by atoms with Gasteiger partial charge in [-0.05, 0) is 54.6 Å². The molecule has 1 amide bonds. The van der Waals surface area contributed by atoms with Gasteiger partial charge in [-0.3, -0.25) is 9.52 Å². The van der Waals surface area contributed by atoms with Gasteiger partial charge in [0.25, 0.3) is 15.9 Å². The Morgan fingerprint density at radius 2 is 1.82 bits per heavy atom. The Morgan fingerprint density at radius 1 is 1.09 bits per heavy atom. The number of H-pyrrole nitrogens is 1. The molecule has 174 valence electrons. The molecule has 0 saturated carbocycles. The van der Waals surface area contributed by atoms with E-state index in [2.05, 4.69) is 19.9 Å². The highest BCUT2D eigenvalue weighted by Gasteiger charge is 2.18. The van der Waals surface area contributed by atoms with Crippen molar-refractivity contribution >= 4 is 61.4 Å². The summed E-state index contributed by atoms with van der Waals surface area (Å²) in [6.45, 7) is 0. The van der Waals surface area contributed by atoms with Crippen molar-refractivity contribution in [3.05, 3.63) is 76.3 Å². The molecule has 1 aromatic heterocycles. The van der Waals surface area contributed by atoms with Crippen molar-refractivity contribution in [3.63, 3.8) is 0 Å². The maximum atomic E-state index is 12.8. The molecule has 0 atom stereocenters. The van der Waals surface area contributed by atoms with Gasteiger partial charge in [0.15, 0.2) is 5.69 Å². The number of ether oxygens (including phenoxy) is 1. The first-order chi connectivity index (χ1) is 16.2. The summed E-state index contributed by atoms with van der Waals surface area (Å²) < 4.78 is 33.0. The molecule has 0 aliphatic heterocycles. The van der Waals surface area contributed by atoms with E-state index in [9.17, 15) is 18.3 Å². The predicted octanol–water partition coefficient (Wildman–Crippen LogP) is 5.91. The van der Waals surface area contributed by atoms with E-state index in [0.29, 0.717) is 27.4 Å². The summed E-state index contributed by atoms with van der Waals surface area (Å²) >= 11 is 12.1. The Labute approximate surface area is 204 Å². The number of aromatic nitrogens is 1. The summed E-state index contributed by atoms with van der Waals surface area (Å²) in [5.74, 6) is -0.592. The van der Waals surface area contributed by atoms with Crippen molar-refractivity contribution in [2.45, 2.75) is 4.90 Å². The lowest BCUT2D eigenvalue weighted by Crippen LogP contribution is -2.13. The fourth-order valence-electron chi connectivity index (χ4n) is 3.12. The number of anilines is 1. The minimum absolute atomic E-state index is 0.0169. The van der Waals surface area contributed by atoms with Crippen LogP contribution < -0.4 is 9.46 Å². The van der Waals surface area contributed by atoms with Crippen molar-refractivity contribution in [1.82, 2.24) is 4.98 Å². The van der Waals surface area contributed by atoms with Gasteiger partial charge in [0, 0.05) is 21.7 Å². The summed E-state index contributed by atoms with van der Waals surface area (Å²) in [5.41, 5.74) is 0.654. The van der Waals surface area contributed by atoms with E-state index in [0.717, 1.165) is 0 Å². The van der Waals surface area contributed by atoms with Gasteiger partial charge in [0.2, 0.25) is 5.88 Å². The zero-order chi connectivity index (χ0) is 24.5. The minimum atomic E-state index is -3.98. The number of methoxy groups -OCH3 is 1. The van der Waals surface area contributed by atoms with Crippen LogP contribution in [0.5, 0.6) is 11.6 Å². The predicted molar refractivity (Wildman–Crippen MR) is 129 cm³/mol. The average Bonchev–Trinajstić information content (AvgIpc) is 3.13. The fourth-order valence-corrected chi connectivity index (χ4v) is 4.76. The van der Waals surface area contributed by atoms with Crippen LogP contribution in [0.25, 0.3) is 10.9 Å². The van der Waals surface area contributed by atoms with Gasteiger partial charge in [-0.1, -0.05) is 29.3 Å². The van der Waals surface area contributed by atoms with Crippen LogP contribution in [0.3, 0.4) is 0 Å². The number of hydrogen-bond acceptors (Lipinski definition) is 6. The molecule has 1 heterocycles. The van der Waals surface area contributed by atoms with Crippen LogP contribution in [0.15, 0.2) is 75.8 Å². The van der Waals surface area contributed by atoms with Crippen LogP contribution >= 0.6 is 23.2 Å². The third-order valence-electron chi connectivity index (χ3n) is 4.75. The Bertz CT molecular complexity index is 1530. The summed E-state index contributed by atoms with van der Waals surface area (Å²) in [6, 6.07) is 14.6. The van der Waals surface area contributed by atoms with E-state index in [-0.39, 0.29) is 27.0 Å². The first kappa shape index (κ1) is 23.6. The third-order valence-corrected chi connectivity index (χ3v) is 6.65. The molecule has 0 fully saturated rings. The number of aromatic hydroxyl groups is 1. The number of aromatic amines is 1. The molecule has 3 N–H and O–H groups in total. The number of hydrogen-bond donors (Lipinski definition) is 3. The molecule has 3 aromatic carbocycles. The van der Waals surface area contributed by atoms with Gasteiger partial charge in [-0.25, -0.2) is 8.42 Å². The molecule has 34 heavy (non-hydrogen) atoms. The third kappa shape index (κ3) is 4.84. The van der Waals surface area contributed by atoms with Crippen molar-refractivity contribution in [2.24, 2.45) is 10.2 Å². The van der Waals surface area contributed by atoms with Crippen LogP contribution in [0.4, 0.5) is 11.4 Å². The molecule has 9 nitrogen and oxygen atoms in total. The average molecular weight is 519 g/mol. The van der Waals surface area contributed by atoms with Crippen LogP contribution in [0, 0.1) is 0 Å². The first-order valence-electron chi connectivity index (χ1n) is 9.60. The maximum absolute atomic E-state index is 12.8. The number of sulfonamides is 1. The molecule has 12 heteroatoms. The topological polar surface area (TPSA) is 133 Å². The van der Waals surface area contributed by atoms with Gasteiger partial charge < -0.3 is 14.8 Å². The van der Waals surface area contributed by atoms with E-state index < -0.39 is 15.9 Å². The summed E-state index contributed by atoms with van der Waals surface area (Å²) in [5, 5.41) is 18.5. The van der Waals surface area contributed by atoms with Gasteiger partial charge in [-0.15, -0.1) is 10.2 Å². The van der Waals surface area contributed by atoms with Crippen LogP contribution in [0.2, 0.25) is 10.0 Å². The number of nitrogens with one attached hydrogen (secondary N) is 2. The quantitative estimate of drug-likeness (QED) is 0.272. The molecule has 4 aromatic rings. The molecule has 0 bridgehead atoms. The number of carbonyl (C=O) groups is 1. The van der Waals surface area contributed by atoms with E-state index >= 15 is 0 Å². The zero-order valence-corrected chi connectivity index (χ0v) is 19.7. The standard InChI is InChI=1S/C22H16Cl2N4O5S/c1-33-15-7-5-14(6-8-15)28-34(31,32)16-4-2-3-12(9-16)21(29)27-26-20-17-10-13(23)11-18(24)19(17)25-22(20)30/h2-11,25,28,30H,1H3. The zero-order valence-electron chi connectivity index (χ0n) is 17.4. The van der Waals surface area contributed by atoms with Crippen LogP contribution in [-0.4, -0.2) is 31.5 Å². The maximum Gasteiger partial charge on any atom is 0.295 e. The number of fused-ring (bicyclic) bond motifs is 1. The van der Waals surface area contributed by atoms with Gasteiger partial charge in [-0.2, -0.15) is 0 Å². The van der Waals surface area contributed by atoms with Gasteiger partial charge in [0.05, 0.1) is 22.5 Å². The molecule has 0 aliphatic carbocycles. The van der Waals surface area contributed by atoms with Crippen molar-refractivity contribution < 1.29 is 23.1 Å². The van der Waals surface area contributed by atoms with E-state index in [1.807, 2.05) is 0 Å². The highest BCUT2D eigenvalue weighted by Crippen LogP contribution is 2.40. The van der Waals surface area contributed by atoms with E-state index in [1.54, 1.807) is 24.3 Å². The SMILES string of the molecule is COc1ccc(NS(=O)(=O)c2cccc(C(=O)N=Nc3c(O)[nH]c4c(Cl)cc(Cl)cc34)c2)cc1. The molecule has 0 spiro atoms. The number of nitrogens with zero attached hydrogens (tertiary/aromatic N) is 2. The van der Waals surface area contributed by atoms with Crippen molar-refractivity contribution in [3.8, 4) is 11.6 Å². The lowest BCUT2D eigenvalue weighted by atomic mass is 10.2. The lowest BCUT2D eigenvalue weighted by molar-refractivity contribution is 0.0995. The molecule has 4 rings (SSSR count). The number of benzene rings is 3. The second-order valence-electron chi connectivity index (χ2n) is 7.00. The van der Waals surface area contributed by atoms with Gasteiger partial charge in [0.1, 0.15) is 5.75 Å². The Hall–Kier alpha value is -3.60. The number of rotatable bonds is 6. The molecule has 0 radical (unpaired) electrons. The number of halogens is 2. The molecular formula is C22H16Cl2N4O5S. The van der Waals surface area contributed by atoms with Crippen molar-refractivity contribution in [2.75, 3.05) is 11.8 Å². The van der Waals surface area contributed by atoms with Crippen LogP contribution in [0.1, 0.15) is 10.4 Å².